The van der Waals surface area contributed by atoms with Gasteiger partial charge in [-0.25, -0.2) is 4.99 Å². The van der Waals surface area contributed by atoms with E-state index < -0.39 is 0 Å². The SMILES string of the molecule is CC1=CC=C2C(=Nc3ccccc32)C1=O. The standard InChI is InChI=1S/C13H9NO/c1-8-6-7-10-9-4-2-3-5-11(9)14-12(10)13(8)15/h2-7H,1H3. The average Bonchev–Trinajstić information content (AvgIpc) is 2.63. The highest BCUT2D eigenvalue weighted by atomic mass is 16.1. The Hall–Kier alpha value is -1.96. The third kappa shape index (κ3) is 1.05. The summed E-state index contributed by atoms with van der Waals surface area (Å²) in [5.74, 6) is 0.0451. The number of Topliss-reactive ketones (excluding diaryl/α,β-unsaturated/α-hetero) is 1. The first-order chi connectivity index (χ1) is 7.27. The normalized spacial score (nSPS) is 17.7. The Morgan fingerprint density at radius 3 is 2.80 bits per heavy atom. The van der Waals surface area contributed by atoms with Crippen LogP contribution in [-0.2, 0) is 4.79 Å². The van der Waals surface area contributed by atoms with Crippen molar-refractivity contribution < 1.29 is 4.79 Å². The van der Waals surface area contributed by atoms with E-state index in [0.29, 0.717) is 5.71 Å². The summed E-state index contributed by atoms with van der Waals surface area (Å²) in [6.07, 6.45) is 3.83. The largest absolute Gasteiger partial charge is 0.287 e. The molecule has 0 aromatic heterocycles. The van der Waals surface area contributed by atoms with Gasteiger partial charge in [0, 0.05) is 11.1 Å². The van der Waals surface area contributed by atoms with Crippen molar-refractivity contribution in [3.63, 3.8) is 0 Å². The van der Waals surface area contributed by atoms with E-state index in [1.165, 1.54) is 0 Å². The van der Waals surface area contributed by atoms with Crippen molar-refractivity contribution in [3.05, 3.63) is 47.6 Å². The molecular weight excluding hydrogens is 186 g/mol. The molecule has 1 aromatic rings. The molecule has 0 bridgehead atoms. The highest BCUT2D eigenvalue weighted by Crippen LogP contribution is 2.36. The van der Waals surface area contributed by atoms with Crippen LogP contribution in [0.4, 0.5) is 5.69 Å². The number of benzene rings is 1. The summed E-state index contributed by atoms with van der Waals surface area (Å²) in [4.78, 5) is 16.2. The number of para-hydroxylation sites is 1. The van der Waals surface area contributed by atoms with E-state index in [2.05, 4.69) is 4.99 Å². The van der Waals surface area contributed by atoms with E-state index in [9.17, 15) is 4.79 Å². The molecule has 15 heavy (non-hydrogen) atoms. The van der Waals surface area contributed by atoms with E-state index in [4.69, 9.17) is 0 Å². The first-order valence-electron chi connectivity index (χ1n) is 4.89. The van der Waals surface area contributed by atoms with Crippen molar-refractivity contribution in [1.82, 2.24) is 0 Å². The van der Waals surface area contributed by atoms with E-state index >= 15 is 0 Å². The maximum Gasteiger partial charge on any atom is 0.207 e. The molecule has 0 saturated heterocycles. The molecule has 72 valence electrons. The monoisotopic (exact) mass is 195 g/mol. The fourth-order valence-corrected chi connectivity index (χ4v) is 1.92. The Morgan fingerprint density at radius 1 is 1.13 bits per heavy atom. The minimum atomic E-state index is 0.0451. The summed E-state index contributed by atoms with van der Waals surface area (Å²) in [5.41, 5.74) is 4.27. The molecule has 0 N–H and O–H groups in total. The lowest BCUT2D eigenvalue weighted by Crippen LogP contribution is -2.16. The maximum absolute atomic E-state index is 11.8. The number of carbonyl (C=O) groups excluding carboxylic acids is 1. The van der Waals surface area contributed by atoms with Crippen molar-refractivity contribution in [2.75, 3.05) is 0 Å². The second-order valence-electron chi connectivity index (χ2n) is 3.74. The van der Waals surface area contributed by atoms with E-state index in [-0.39, 0.29) is 5.78 Å². The van der Waals surface area contributed by atoms with Gasteiger partial charge >= 0.3 is 0 Å². The lowest BCUT2D eigenvalue weighted by molar-refractivity contribution is -0.109. The summed E-state index contributed by atoms with van der Waals surface area (Å²) in [7, 11) is 0. The molecule has 1 aromatic carbocycles. The smallest absolute Gasteiger partial charge is 0.207 e. The summed E-state index contributed by atoms with van der Waals surface area (Å²) in [6.45, 7) is 1.82. The topological polar surface area (TPSA) is 29.4 Å². The number of ketones is 1. The number of aliphatic imine (C=N–C) groups is 1. The highest BCUT2D eigenvalue weighted by Gasteiger charge is 2.28. The summed E-state index contributed by atoms with van der Waals surface area (Å²) in [6, 6.07) is 7.84. The summed E-state index contributed by atoms with van der Waals surface area (Å²) >= 11 is 0. The second kappa shape index (κ2) is 2.76. The van der Waals surface area contributed by atoms with Crippen LogP contribution in [0.25, 0.3) is 5.57 Å². The van der Waals surface area contributed by atoms with Gasteiger partial charge in [0.2, 0.25) is 5.78 Å². The molecule has 2 heteroatoms. The van der Waals surface area contributed by atoms with Gasteiger partial charge in [0.1, 0.15) is 5.71 Å². The van der Waals surface area contributed by atoms with Crippen LogP contribution in [0.5, 0.6) is 0 Å². The minimum Gasteiger partial charge on any atom is -0.287 e. The molecular formula is C13H9NO. The lowest BCUT2D eigenvalue weighted by Gasteiger charge is -2.08. The van der Waals surface area contributed by atoms with Gasteiger partial charge in [0.05, 0.1) is 5.69 Å². The molecule has 0 unspecified atom stereocenters. The summed E-state index contributed by atoms with van der Waals surface area (Å²) in [5, 5.41) is 0. The van der Waals surface area contributed by atoms with Crippen LogP contribution >= 0.6 is 0 Å². The highest BCUT2D eigenvalue weighted by molar-refractivity contribution is 6.63. The Balaban J connectivity index is 2.26. The third-order valence-corrected chi connectivity index (χ3v) is 2.75. The number of fused-ring (bicyclic) bond motifs is 3. The molecule has 0 amide bonds. The average molecular weight is 195 g/mol. The van der Waals surface area contributed by atoms with Crippen LogP contribution in [-0.4, -0.2) is 11.5 Å². The number of nitrogens with zero attached hydrogens (tertiary/aromatic N) is 1. The van der Waals surface area contributed by atoms with Crippen LogP contribution in [0.1, 0.15) is 12.5 Å². The van der Waals surface area contributed by atoms with E-state index in [0.717, 1.165) is 22.4 Å². The van der Waals surface area contributed by atoms with Gasteiger partial charge in [0.15, 0.2) is 0 Å². The van der Waals surface area contributed by atoms with Gasteiger partial charge in [-0.1, -0.05) is 30.4 Å². The van der Waals surface area contributed by atoms with E-state index in [1.54, 1.807) is 0 Å². The van der Waals surface area contributed by atoms with Gasteiger partial charge < -0.3 is 0 Å². The maximum atomic E-state index is 11.8. The zero-order valence-electron chi connectivity index (χ0n) is 8.32. The van der Waals surface area contributed by atoms with Crippen LogP contribution in [0, 0.1) is 0 Å². The molecule has 0 saturated carbocycles. The Labute approximate surface area is 87.7 Å². The van der Waals surface area contributed by atoms with Crippen molar-refractivity contribution in [3.8, 4) is 0 Å². The molecule has 1 heterocycles. The predicted molar refractivity (Wildman–Crippen MR) is 60.3 cm³/mol. The fourth-order valence-electron chi connectivity index (χ4n) is 1.92. The van der Waals surface area contributed by atoms with Crippen molar-refractivity contribution in [1.29, 1.82) is 0 Å². The van der Waals surface area contributed by atoms with Gasteiger partial charge in [-0.15, -0.1) is 0 Å². The third-order valence-electron chi connectivity index (χ3n) is 2.75. The Morgan fingerprint density at radius 2 is 1.93 bits per heavy atom. The zero-order chi connectivity index (χ0) is 10.4. The van der Waals surface area contributed by atoms with Gasteiger partial charge in [-0.3, -0.25) is 4.79 Å². The number of allylic oxidation sites excluding steroid dienone is 4. The molecule has 0 spiro atoms. The van der Waals surface area contributed by atoms with Gasteiger partial charge in [-0.05, 0) is 18.6 Å². The lowest BCUT2D eigenvalue weighted by atomic mass is 9.93. The molecule has 1 aliphatic heterocycles. The van der Waals surface area contributed by atoms with Gasteiger partial charge in [0.25, 0.3) is 0 Å². The molecule has 1 aliphatic carbocycles. The van der Waals surface area contributed by atoms with Crippen molar-refractivity contribution in [2.45, 2.75) is 6.92 Å². The number of hydrogen-bond acceptors (Lipinski definition) is 2. The summed E-state index contributed by atoms with van der Waals surface area (Å²) < 4.78 is 0. The quantitative estimate of drug-likeness (QED) is 0.585. The van der Waals surface area contributed by atoms with Crippen molar-refractivity contribution >= 4 is 22.8 Å². The molecule has 0 fully saturated rings. The predicted octanol–water partition coefficient (Wildman–Crippen LogP) is 2.69. The van der Waals surface area contributed by atoms with Crippen LogP contribution < -0.4 is 0 Å². The van der Waals surface area contributed by atoms with Gasteiger partial charge in [-0.2, -0.15) is 0 Å². The molecule has 2 aliphatic rings. The van der Waals surface area contributed by atoms with Crippen LogP contribution in [0.15, 0.2) is 47.0 Å². The van der Waals surface area contributed by atoms with Crippen molar-refractivity contribution in [2.24, 2.45) is 4.99 Å². The number of rotatable bonds is 0. The van der Waals surface area contributed by atoms with Crippen LogP contribution in [0.3, 0.4) is 0 Å². The van der Waals surface area contributed by atoms with Crippen LogP contribution in [0.2, 0.25) is 0 Å². The molecule has 0 atom stereocenters. The zero-order valence-corrected chi connectivity index (χ0v) is 8.32. The molecule has 2 nitrogen and oxygen atoms in total. The molecule has 0 radical (unpaired) electrons. The minimum absolute atomic E-state index is 0.0451. The first-order valence-corrected chi connectivity index (χ1v) is 4.89. The number of hydrogen-bond donors (Lipinski definition) is 0. The first kappa shape index (κ1) is 8.36. The second-order valence-corrected chi connectivity index (χ2v) is 3.74. The Bertz CT molecular complexity index is 562. The van der Waals surface area contributed by atoms with E-state index in [1.807, 2.05) is 43.3 Å². The fraction of sp³-hybridized carbons (Fsp3) is 0.0769. The Kier molecular flexibility index (Phi) is 1.54. The molecule has 3 rings (SSSR count). The number of carbonyl (C=O) groups is 1.